The Hall–Kier alpha value is -3.01. The molecule has 0 radical (unpaired) electrons. The number of piperidine rings is 1. The number of aromatic nitrogens is 2. The number of phenolic OH excluding ortho intramolecular Hbond substituents is 1. The SMILES string of the molecule is CCN1CCC[C@@H](Nc2nc3nc(-c4c(C)cc(OC(F)(F)F)cc4O)ccc3o2)C1. The number of benzene rings is 1. The lowest BCUT2D eigenvalue weighted by molar-refractivity contribution is -0.274. The fraction of sp³-hybridized carbons (Fsp3) is 0.429. The van der Waals surface area contributed by atoms with Gasteiger partial charge in [0.1, 0.15) is 11.5 Å². The Kier molecular flexibility index (Phi) is 5.65. The molecule has 0 aliphatic carbocycles. The molecule has 3 heterocycles. The van der Waals surface area contributed by atoms with Gasteiger partial charge in [-0.1, -0.05) is 6.92 Å². The smallest absolute Gasteiger partial charge is 0.507 e. The van der Waals surface area contributed by atoms with Gasteiger partial charge in [0.2, 0.25) is 5.65 Å². The molecule has 2 aromatic heterocycles. The highest BCUT2D eigenvalue weighted by atomic mass is 19.4. The third-order valence-corrected chi connectivity index (χ3v) is 5.31. The summed E-state index contributed by atoms with van der Waals surface area (Å²) >= 11 is 0. The third-order valence-electron chi connectivity index (χ3n) is 5.31. The maximum Gasteiger partial charge on any atom is 0.573 e. The summed E-state index contributed by atoms with van der Waals surface area (Å²) in [6, 6.07) is 6.02. The van der Waals surface area contributed by atoms with Crippen molar-refractivity contribution in [3.05, 3.63) is 29.8 Å². The van der Waals surface area contributed by atoms with E-state index in [0.29, 0.717) is 34.1 Å². The molecule has 1 aliphatic heterocycles. The highest BCUT2D eigenvalue weighted by Gasteiger charge is 2.31. The van der Waals surface area contributed by atoms with Crippen molar-refractivity contribution in [3.8, 4) is 22.8 Å². The first kappa shape index (κ1) is 21.2. The van der Waals surface area contributed by atoms with Crippen LogP contribution in [0.4, 0.5) is 19.2 Å². The van der Waals surface area contributed by atoms with Crippen LogP contribution in [0.3, 0.4) is 0 Å². The lowest BCUT2D eigenvalue weighted by Crippen LogP contribution is -2.41. The first-order chi connectivity index (χ1) is 14.7. The van der Waals surface area contributed by atoms with Crippen molar-refractivity contribution >= 4 is 17.2 Å². The second kappa shape index (κ2) is 8.26. The van der Waals surface area contributed by atoms with Crippen molar-refractivity contribution in [2.75, 3.05) is 25.0 Å². The van der Waals surface area contributed by atoms with Crippen LogP contribution in [0.5, 0.6) is 11.5 Å². The molecule has 1 saturated heterocycles. The minimum Gasteiger partial charge on any atom is -0.507 e. The van der Waals surface area contributed by atoms with E-state index in [2.05, 4.69) is 31.8 Å². The summed E-state index contributed by atoms with van der Waals surface area (Å²) in [6.07, 6.45) is -2.72. The predicted molar refractivity (Wildman–Crippen MR) is 109 cm³/mol. The monoisotopic (exact) mass is 436 g/mol. The molecule has 1 aromatic carbocycles. The number of nitrogens with one attached hydrogen (secondary N) is 1. The topological polar surface area (TPSA) is 83.7 Å². The number of phenols is 1. The van der Waals surface area contributed by atoms with Gasteiger partial charge >= 0.3 is 6.36 Å². The molecule has 0 spiro atoms. The number of halogens is 3. The fourth-order valence-electron chi connectivity index (χ4n) is 3.92. The van der Waals surface area contributed by atoms with Crippen LogP contribution in [0.25, 0.3) is 22.5 Å². The van der Waals surface area contributed by atoms with Crippen LogP contribution in [0.15, 0.2) is 28.7 Å². The van der Waals surface area contributed by atoms with Crippen molar-refractivity contribution in [1.82, 2.24) is 14.9 Å². The summed E-state index contributed by atoms with van der Waals surface area (Å²) in [4.78, 5) is 11.2. The molecule has 10 heteroatoms. The average Bonchev–Trinajstić information content (AvgIpc) is 3.07. The predicted octanol–water partition coefficient (Wildman–Crippen LogP) is 4.70. The maximum absolute atomic E-state index is 12.5. The Labute approximate surface area is 176 Å². The zero-order valence-corrected chi connectivity index (χ0v) is 17.2. The molecule has 0 bridgehead atoms. The maximum atomic E-state index is 12.5. The summed E-state index contributed by atoms with van der Waals surface area (Å²) in [6.45, 7) is 6.69. The van der Waals surface area contributed by atoms with Crippen molar-refractivity contribution in [2.45, 2.75) is 39.1 Å². The lowest BCUT2D eigenvalue weighted by Gasteiger charge is -2.31. The standard InChI is InChI=1S/C21H23F3N4O3/c1-3-28-8-4-5-13(11-28)25-20-27-19-17(30-20)7-6-15(26-19)18-12(2)9-14(10-16(18)29)31-21(22,23)24/h6-7,9-10,13,29H,3-5,8,11H2,1-2H3,(H,25,26,27)/t13-/m1/s1. The number of pyridine rings is 1. The first-order valence-corrected chi connectivity index (χ1v) is 10.1. The fourth-order valence-corrected chi connectivity index (χ4v) is 3.92. The highest BCUT2D eigenvalue weighted by Crippen LogP contribution is 2.37. The molecular formula is C21H23F3N4O3. The molecule has 0 saturated carbocycles. The number of aryl methyl sites for hydroxylation is 1. The Morgan fingerprint density at radius 2 is 2.10 bits per heavy atom. The number of likely N-dealkylation sites (N-methyl/N-ethyl adjacent to an activating group) is 1. The Balaban J connectivity index is 1.58. The summed E-state index contributed by atoms with van der Waals surface area (Å²) < 4.78 is 47.1. The zero-order valence-electron chi connectivity index (χ0n) is 17.2. The Morgan fingerprint density at radius 1 is 1.29 bits per heavy atom. The van der Waals surface area contributed by atoms with E-state index in [4.69, 9.17) is 4.42 Å². The summed E-state index contributed by atoms with van der Waals surface area (Å²) in [7, 11) is 0. The number of ether oxygens (including phenoxy) is 1. The third kappa shape index (κ3) is 4.84. The molecule has 1 atom stereocenters. The van der Waals surface area contributed by atoms with Gasteiger partial charge in [-0.2, -0.15) is 4.98 Å². The zero-order chi connectivity index (χ0) is 22.2. The van der Waals surface area contributed by atoms with Crippen LogP contribution in [0.1, 0.15) is 25.3 Å². The number of likely N-dealkylation sites (tertiary alicyclic amines) is 1. The summed E-state index contributed by atoms with van der Waals surface area (Å²) in [5.74, 6) is -0.858. The van der Waals surface area contributed by atoms with Crippen LogP contribution in [0.2, 0.25) is 0 Å². The summed E-state index contributed by atoms with van der Waals surface area (Å²) in [5, 5.41) is 13.6. The van der Waals surface area contributed by atoms with E-state index >= 15 is 0 Å². The number of hydrogen-bond acceptors (Lipinski definition) is 7. The average molecular weight is 436 g/mol. The minimum atomic E-state index is -4.84. The van der Waals surface area contributed by atoms with E-state index < -0.39 is 12.1 Å². The number of hydrogen-bond donors (Lipinski definition) is 2. The molecule has 166 valence electrons. The number of rotatable bonds is 5. The number of aromatic hydroxyl groups is 1. The van der Waals surface area contributed by atoms with Gasteiger partial charge in [-0.15, -0.1) is 13.2 Å². The van der Waals surface area contributed by atoms with Crippen LogP contribution in [-0.2, 0) is 0 Å². The molecule has 2 N–H and O–H groups in total. The Morgan fingerprint density at radius 3 is 2.81 bits per heavy atom. The molecule has 0 unspecified atom stereocenters. The quantitative estimate of drug-likeness (QED) is 0.600. The van der Waals surface area contributed by atoms with Crippen molar-refractivity contribution in [2.24, 2.45) is 0 Å². The van der Waals surface area contributed by atoms with E-state index in [9.17, 15) is 18.3 Å². The van der Waals surface area contributed by atoms with Crippen LogP contribution < -0.4 is 10.1 Å². The van der Waals surface area contributed by atoms with Gasteiger partial charge in [0, 0.05) is 24.2 Å². The molecule has 1 aliphatic rings. The van der Waals surface area contributed by atoms with Crippen LogP contribution in [0, 0.1) is 6.92 Å². The minimum absolute atomic E-state index is 0.230. The number of fused-ring (bicyclic) bond motifs is 1. The van der Waals surface area contributed by atoms with Crippen molar-refractivity contribution in [1.29, 1.82) is 0 Å². The molecule has 4 rings (SSSR count). The van der Waals surface area contributed by atoms with E-state index in [1.54, 1.807) is 19.1 Å². The molecule has 1 fully saturated rings. The van der Waals surface area contributed by atoms with Crippen molar-refractivity contribution in [3.63, 3.8) is 0 Å². The number of anilines is 1. The van der Waals surface area contributed by atoms with Gasteiger partial charge in [-0.25, -0.2) is 4.98 Å². The van der Waals surface area contributed by atoms with Gasteiger partial charge in [0.05, 0.1) is 5.69 Å². The van der Waals surface area contributed by atoms with Gasteiger partial charge in [0.15, 0.2) is 5.58 Å². The van der Waals surface area contributed by atoms with Crippen LogP contribution >= 0.6 is 0 Å². The normalized spacial score (nSPS) is 17.8. The number of nitrogens with zero attached hydrogens (tertiary/aromatic N) is 3. The Bertz CT molecular complexity index is 1060. The molecule has 7 nitrogen and oxygen atoms in total. The molecular weight excluding hydrogens is 413 g/mol. The molecule has 0 amide bonds. The molecule has 3 aromatic rings. The van der Waals surface area contributed by atoms with Crippen LogP contribution in [-0.4, -0.2) is 52.0 Å². The van der Waals surface area contributed by atoms with Gasteiger partial charge in [-0.05, 0) is 56.6 Å². The van der Waals surface area contributed by atoms with Gasteiger partial charge < -0.3 is 24.5 Å². The first-order valence-electron chi connectivity index (χ1n) is 10.1. The van der Waals surface area contributed by atoms with E-state index in [-0.39, 0.29) is 11.8 Å². The second-order valence-corrected chi connectivity index (χ2v) is 7.60. The van der Waals surface area contributed by atoms with E-state index in [0.717, 1.165) is 38.5 Å². The lowest BCUT2D eigenvalue weighted by atomic mass is 10.0. The highest BCUT2D eigenvalue weighted by molar-refractivity contribution is 5.78. The number of alkyl halides is 3. The summed E-state index contributed by atoms with van der Waals surface area (Å²) in [5.41, 5.74) is 1.88. The second-order valence-electron chi connectivity index (χ2n) is 7.60. The van der Waals surface area contributed by atoms with Gasteiger partial charge in [-0.3, -0.25) is 0 Å². The van der Waals surface area contributed by atoms with E-state index in [1.807, 2.05) is 0 Å². The van der Waals surface area contributed by atoms with Gasteiger partial charge in [0.25, 0.3) is 6.01 Å². The number of oxazole rings is 1. The van der Waals surface area contributed by atoms with E-state index in [1.165, 1.54) is 6.07 Å². The molecule has 31 heavy (non-hydrogen) atoms. The van der Waals surface area contributed by atoms with Crippen molar-refractivity contribution < 1.29 is 27.4 Å². The largest absolute Gasteiger partial charge is 0.573 e.